The second-order valence-electron chi connectivity index (χ2n) is 10.2. The number of rotatable bonds is 5. The van der Waals surface area contributed by atoms with Crippen LogP contribution in [-0.4, -0.2) is 93.9 Å². The summed E-state index contributed by atoms with van der Waals surface area (Å²) in [5, 5.41) is 12.4. The summed E-state index contributed by atoms with van der Waals surface area (Å²) in [5.74, 6) is 0.495. The highest BCUT2D eigenvalue weighted by molar-refractivity contribution is 5.95. The fraction of sp³-hybridized carbons (Fsp3) is 0.739. The zero-order valence-corrected chi connectivity index (χ0v) is 21.2. The van der Waals surface area contributed by atoms with E-state index in [1.54, 1.807) is 11.0 Å². The largest absolute Gasteiger partial charge is 0.459 e. The molecule has 1 aromatic rings. The summed E-state index contributed by atoms with van der Waals surface area (Å²) in [5.41, 5.74) is 5.62. The average molecular weight is 478 g/mol. The molecule has 11 heteroatoms. The predicted molar refractivity (Wildman–Crippen MR) is 130 cm³/mol. The number of amidine groups is 1. The Morgan fingerprint density at radius 1 is 1.24 bits per heavy atom. The van der Waals surface area contributed by atoms with E-state index in [1.807, 2.05) is 27.7 Å². The van der Waals surface area contributed by atoms with Gasteiger partial charge in [0.1, 0.15) is 23.2 Å². The maximum atomic E-state index is 12.6. The van der Waals surface area contributed by atoms with Gasteiger partial charge in [-0.2, -0.15) is 9.97 Å². The van der Waals surface area contributed by atoms with Crippen molar-refractivity contribution in [2.45, 2.75) is 77.7 Å². The molecule has 0 aromatic carbocycles. The van der Waals surface area contributed by atoms with E-state index in [2.05, 4.69) is 38.9 Å². The molecule has 0 unspecified atom stereocenters. The fourth-order valence-corrected chi connectivity index (χ4v) is 4.48. The second-order valence-corrected chi connectivity index (χ2v) is 10.2. The van der Waals surface area contributed by atoms with Crippen LogP contribution in [0.15, 0.2) is 11.2 Å². The van der Waals surface area contributed by atoms with E-state index < -0.39 is 5.60 Å². The first kappa shape index (κ1) is 25.8. The van der Waals surface area contributed by atoms with Gasteiger partial charge in [-0.25, -0.2) is 4.79 Å². The topological polar surface area (TPSA) is 130 Å². The number of oxime groups is 1. The molecule has 11 nitrogen and oxygen atoms in total. The molecule has 34 heavy (non-hydrogen) atoms. The van der Waals surface area contributed by atoms with Gasteiger partial charge in [0.2, 0.25) is 0 Å². The molecule has 3 heterocycles. The summed E-state index contributed by atoms with van der Waals surface area (Å²) in [4.78, 5) is 27.8. The monoisotopic (exact) mass is 477 g/mol. The van der Waals surface area contributed by atoms with Gasteiger partial charge in [-0.05, 0) is 67.5 Å². The molecule has 2 aliphatic heterocycles. The minimum Gasteiger partial charge on any atom is -0.459 e. The van der Waals surface area contributed by atoms with Gasteiger partial charge in [-0.3, -0.25) is 4.90 Å². The fourth-order valence-electron chi connectivity index (χ4n) is 4.48. The van der Waals surface area contributed by atoms with Crippen molar-refractivity contribution < 1.29 is 19.5 Å². The standard InChI is InChI=1S/C23H39N7O4/c1-15-9-11-29(22(31)34-23(3,4)5)12-13-30(15)19-14-17(20(24)27-32)25-21(26-19)33-16(2)18-8-7-10-28(18)6/h14-16,18,32H,7-13H2,1-6H3,(H2,24,27)/t15-,16-,18-/m0/s1. The Bertz CT molecular complexity index is 889. The van der Waals surface area contributed by atoms with Crippen LogP contribution in [0.5, 0.6) is 6.01 Å². The molecule has 0 saturated carbocycles. The van der Waals surface area contributed by atoms with Crippen molar-refractivity contribution in [3.63, 3.8) is 0 Å². The lowest BCUT2D eigenvalue weighted by molar-refractivity contribution is 0.0262. The number of hydrogen-bond acceptors (Lipinski definition) is 9. The van der Waals surface area contributed by atoms with Crippen LogP contribution in [-0.2, 0) is 4.74 Å². The van der Waals surface area contributed by atoms with Crippen LogP contribution in [0.1, 0.15) is 59.6 Å². The van der Waals surface area contributed by atoms with Gasteiger partial charge in [-0.15, -0.1) is 0 Å². The van der Waals surface area contributed by atoms with E-state index in [0.29, 0.717) is 25.5 Å². The molecule has 3 atom stereocenters. The number of likely N-dealkylation sites (tertiary alicyclic amines) is 1. The second kappa shape index (κ2) is 10.6. The van der Waals surface area contributed by atoms with Crippen molar-refractivity contribution in [2.24, 2.45) is 10.9 Å². The Labute approximate surface area is 201 Å². The first-order valence-corrected chi connectivity index (χ1v) is 12.0. The van der Waals surface area contributed by atoms with Gasteiger partial charge in [0.15, 0.2) is 5.84 Å². The first-order valence-electron chi connectivity index (χ1n) is 12.0. The van der Waals surface area contributed by atoms with Crippen molar-refractivity contribution in [1.82, 2.24) is 19.8 Å². The smallest absolute Gasteiger partial charge is 0.410 e. The third-order valence-corrected chi connectivity index (χ3v) is 6.38. The Morgan fingerprint density at radius 3 is 2.59 bits per heavy atom. The lowest BCUT2D eigenvalue weighted by Gasteiger charge is -2.29. The minimum absolute atomic E-state index is 0.0914. The van der Waals surface area contributed by atoms with E-state index in [-0.39, 0.29) is 41.8 Å². The number of nitrogens with zero attached hydrogens (tertiary/aromatic N) is 6. The van der Waals surface area contributed by atoms with Crippen molar-refractivity contribution in [3.05, 3.63) is 11.8 Å². The lowest BCUT2D eigenvalue weighted by Crippen LogP contribution is -2.40. The summed E-state index contributed by atoms with van der Waals surface area (Å²) in [7, 11) is 2.09. The van der Waals surface area contributed by atoms with Crippen LogP contribution in [0.4, 0.5) is 10.6 Å². The number of ether oxygens (including phenoxy) is 2. The van der Waals surface area contributed by atoms with Crippen LogP contribution < -0.4 is 15.4 Å². The maximum absolute atomic E-state index is 12.6. The average Bonchev–Trinajstić information content (AvgIpc) is 3.09. The number of anilines is 1. The third kappa shape index (κ3) is 6.40. The van der Waals surface area contributed by atoms with Crippen molar-refractivity contribution in [3.8, 4) is 6.01 Å². The number of carbonyl (C=O) groups excluding carboxylic acids is 1. The molecule has 190 valence electrons. The van der Waals surface area contributed by atoms with Crippen LogP contribution in [0.2, 0.25) is 0 Å². The van der Waals surface area contributed by atoms with Gasteiger partial charge in [0.05, 0.1) is 0 Å². The first-order chi connectivity index (χ1) is 16.0. The molecule has 3 rings (SSSR count). The predicted octanol–water partition coefficient (Wildman–Crippen LogP) is 2.27. The van der Waals surface area contributed by atoms with Crippen LogP contribution in [0.3, 0.4) is 0 Å². The lowest BCUT2D eigenvalue weighted by atomic mass is 10.1. The van der Waals surface area contributed by atoms with Crippen LogP contribution >= 0.6 is 0 Å². The molecular formula is C23H39N7O4. The molecular weight excluding hydrogens is 438 g/mol. The number of aromatic nitrogens is 2. The summed E-state index contributed by atoms with van der Waals surface area (Å²) < 4.78 is 11.7. The minimum atomic E-state index is -0.548. The summed E-state index contributed by atoms with van der Waals surface area (Å²) in [6.07, 6.45) is 2.48. The third-order valence-electron chi connectivity index (χ3n) is 6.38. The molecule has 2 aliphatic rings. The van der Waals surface area contributed by atoms with Crippen LogP contribution in [0, 0.1) is 0 Å². The van der Waals surface area contributed by atoms with Crippen molar-refractivity contribution in [1.29, 1.82) is 0 Å². The molecule has 3 N–H and O–H groups in total. The van der Waals surface area contributed by atoms with Gasteiger partial charge >= 0.3 is 12.1 Å². The molecule has 2 saturated heterocycles. The normalized spacial score (nSPS) is 23.5. The number of hydrogen-bond donors (Lipinski definition) is 2. The quantitative estimate of drug-likeness (QED) is 0.284. The van der Waals surface area contributed by atoms with E-state index in [4.69, 9.17) is 15.2 Å². The number of nitrogens with two attached hydrogens (primary N) is 1. The van der Waals surface area contributed by atoms with Gasteiger partial charge in [-0.1, -0.05) is 5.16 Å². The van der Waals surface area contributed by atoms with E-state index >= 15 is 0 Å². The molecule has 0 radical (unpaired) electrons. The van der Waals surface area contributed by atoms with E-state index in [0.717, 1.165) is 25.8 Å². The highest BCUT2D eigenvalue weighted by atomic mass is 16.6. The Kier molecular flexibility index (Phi) is 8.06. The number of likely N-dealkylation sites (N-methyl/N-ethyl adjacent to an activating group) is 1. The number of amides is 1. The molecule has 0 bridgehead atoms. The highest BCUT2D eigenvalue weighted by Crippen LogP contribution is 2.25. The Balaban J connectivity index is 1.82. The van der Waals surface area contributed by atoms with Crippen molar-refractivity contribution in [2.75, 3.05) is 38.1 Å². The summed E-state index contributed by atoms with van der Waals surface area (Å²) in [6.45, 7) is 12.3. The highest BCUT2D eigenvalue weighted by Gasteiger charge is 2.30. The van der Waals surface area contributed by atoms with E-state index in [1.165, 1.54) is 0 Å². The van der Waals surface area contributed by atoms with Gasteiger partial charge < -0.3 is 30.2 Å². The summed E-state index contributed by atoms with van der Waals surface area (Å²) >= 11 is 0. The number of carbonyl (C=O) groups is 1. The Hall–Kier alpha value is -2.82. The van der Waals surface area contributed by atoms with Gasteiger partial charge in [0.25, 0.3) is 0 Å². The molecule has 0 aliphatic carbocycles. The maximum Gasteiger partial charge on any atom is 0.410 e. The SMILES string of the molecule is C[C@H](Oc1nc(/C(N)=N/O)cc(N2CCN(C(=O)OC(C)(C)C)CC[C@@H]2C)n1)[C@@H]1CCCN1C. The molecule has 0 spiro atoms. The van der Waals surface area contributed by atoms with Gasteiger partial charge in [0, 0.05) is 37.8 Å². The van der Waals surface area contributed by atoms with Crippen molar-refractivity contribution >= 4 is 17.7 Å². The summed E-state index contributed by atoms with van der Waals surface area (Å²) in [6, 6.07) is 2.24. The molecule has 1 aromatic heterocycles. The molecule has 2 fully saturated rings. The van der Waals surface area contributed by atoms with E-state index in [9.17, 15) is 10.0 Å². The van der Waals surface area contributed by atoms with Crippen LogP contribution in [0.25, 0.3) is 0 Å². The Morgan fingerprint density at radius 2 is 1.97 bits per heavy atom. The zero-order chi connectivity index (χ0) is 25.0. The molecule has 1 amide bonds. The zero-order valence-electron chi connectivity index (χ0n) is 21.2.